The molecule has 0 aliphatic carbocycles. The van der Waals surface area contributed by atoms with E-state index in [4.69, 9.17) is 11.6 Å². The third-order valence-corrected chi connectivity index (χ3v) is 2.97. The van der Waals surface area contributed by atoms with Gasteiger partial charge in [-0.15, -0.1) is 0 Å². The largest absolute Gasteiger partial charge is 0.352 e. The molecule has 0 saturated carbocycles. The second kappa shape index (κ2) is 6.21. The normalized spacial score (nSPS) is 10.2. The number of aromatic nitrogens is 2. The van der Waals surface area contributed by atoms with Crippen molar-refractivity contribution in [2.45, 2.75) is 13.0 Å². The molecule has 20 heavy (non-hydrogen) atoms. The molecular formula is C13H12ClN3O3. The van der Waals surface area contributed by atoms with Gasteiger partial charge in [-0.05, 0) is 11.6 Å². The van der Waals surface area contributed by atoms with Crippen molar-refractivity contribution in [1.29, 1.82) is 0 Å². The Bertz CT molecular complexity index is 708. The van der Waals surface area contributed by atoms with Crippen molar-refractivity contribution < 1.29 is 4.79 Å². The Morgan fingerprint density at radius 2 is 1.95 bits per heavy atom. The van der Waals surface area contributed by atoms with Crippen LogP contribution in [0, 0.1) is 0 Å². The van der Waals surface area contributed by atoms with Gasteiger partial charge in [0.05, 0.1) is 6.42 Å². The molecule has 1 aromatic heterocycles. The molecule has 2 aromatic rings. The lowest BCUT2D eigenvalue weighted by Crippen LogP contribution is -2.28. The molecule has 0 aliphatic heterocycles. The van der Waals surface area contributed by atoms with Crippen LogP contribution in [0.3, 0.4) is 0 Å². The van der Waals surface area contributed by atoms with E-state index in [9.17, 15) is 14.4 Å². The van der Waals surface area contributed by atoms with Crippen LogP contribution in [0.2, 0.25) is 5.02 Å². The van der Waals surface area contributed by atoms with E-state index < -0.39 is 11.2 Å². The predicted octanol–water partition coefficient (Wildman–Crippen LogP) is 0.576. The molecule has 2 rings (SSSR count). The van der Waals surface area contributed by atoms with Crippen molar-refractivity contribution in [3.63, 3.8) is 0 Å². The number of halogens is 1. The van der Waals surface area contributed by atoms with Gasteiger partial charge in [0, 0.05) is 23.3 Å². The summed E-state index contributed by atoms with van der Waals surface area (Å²) in [5, 5.41) is 3.24. The summed E-state index contributed by atoms with van der Waals surface area (Å²) in [6, 6.07) is 8.34. The highest BCUT2D eigenvalue weighted by atomic mass is 35.5. The number of amides is 1. The number of hydrogen-bond donors (Lipinski definition) is 3. The minimum atomic E-state index is -0.633. The van der Waals surface area contributed by atoms with Gasteiger partial charge in [0.2, 0.25) is 5.91 Å². The van der Waals surface area contributed by atoms with Gasteiger partial charge in [0.15, 0.2) is 0 Å². The Morgan fingerprint density at radius 3 is 2.65 bits per heavy atom. The Labute approximate surface area is 118 Å². The van der Waals surface area contributed by atoms with Gasteiger partial charge in [-0.1, -0.05) is 29.8 Å². The summed E-state index contributed by atoms with van der Waals surface area (Å²) in [6.45, 7) is 0.284. The molecule has 1 heterocycles. The third kappa shape index (κ3) is 3.83. The first-order valence-corrected chi connectivity index (χ1v) is 6.25. The smallest absolute Gasteiger partial charge is 0.325 e. The lowest BCUT2D eigenvalue weighted by atomic mass is 10.2. The number of benzene rings is 1. The number of carbonyl (C=O) groups is 1. The van der Waals surface area contributed by atoms with E-state index in [1.54, 1.807) is 18.2 Å². The zero-order valence-corrected chi connectivity index (χ0v) is 11.2. The van der Waals surface area contributed by atoms with Gasteiger partial charge in [0.25, 0.3) is 5.56 Å². The van der Waals surface area contributed by atoms with Gasteiger partial charge in [-0.25, -0.2) is 4.79 Å². The molecule has 104 valence electrons. The fourth-order valence-electron chi connectivity index (χ4n) is 1.69. The molecular weight excluding hydrogens is 282 g/mol. The van der Waals surface area contributed by atoms with E-state index in [1.807, 2.05) is 11.1 Å². The standard InChI is InChI=1S/C13H12ClN3O3/c14-10-4-2-1-3-8(10)7-15-11(18)5-9-6-12(19)17-13(20)16-9/h1-4,6H,5,7H2,(H,15,18)(H2,16,17,19,20). The van der Waals surface area contributed by atoms with Crippen LogP contribution in [0.15, 0.2) is 39.9 Å². The number of hydrogen-bond acceptors (Lipinski definition) is 3. The van der Waals surface area contributed by atoms with Crippen molar-refractivity contribution in [3.8, 4) is 0 Å². The molecule has 0 fully saturated rings. The highest BCUT2D eigenvalue weighted by Gasteiger charge is 2.06. The van der Waals surface area contributed by atoms with Crippen LogP contribution in [-0.2, 0) is 17.8 Å². The summed E-state index contributed by atoms with van der Waals surface area (Å²) in [4.78, 5) is 38.3. The maximum atomic E-state index is 11.7. The fraction of sp³-hybridized carbons (Fsp3) is 0.154. The average molecular weight is 294 g/mol. The van der Waals surface area contributed by atoms with Crippen molar-refractivity contribution >= 4 is 17.5 Å². The number of H-pyrrole nitrogens is 2. The van der Waals surface area contributed by atoms with Crippen molar-refractivity contribution in [1.82, 2.24) is 15.3 Å². The minimum Gasteiger partial charge on any atom is -0.352 e. The van der Waals surface area contributed by atoms with Gasteiger partial charge in [-0.3, -0.25) is 14.6 Å². The number of nitrogens with one attached hydrogen (secondary N) is 3. The minimum absolute atomic E-state index is 0.0797. The van der Waals surface area contributed by atoms with E-state index in [2.05, 4.69) is 10.3 Å². The maximum absolute atomic E-state index is 11.7. The first kappa shape index (κ1) is 14.1. The predicted molar refractivity (Wildman–Crippen MR) is 74.7 cm³/mol. The van der Waals surface area contributed by atoms with Gasteiger partial charge < -0.3 is 10.3 Å². The maximum Gasteiger partial charge on any atom is 0.325 e. The summed E-state index contributed by atoms with van der Waals surface area (Å²) in [5.41, 5.74) is -0.119. The number of carbonyl (C=O) groups excluding carboxylic acids is 1. The lowest BCUT2D eigenvalue weighted by molar-refractivity contribution is -0.120. The Balaban J connectivity index is 1.98. The summed E-state index contributed by atoms with van der Waals surface area (Å²) in [7, 11) is 0. The molecule has 0 aliphatic rings. The summed E-state index contributed by atoms with van der Waals surface area (Å²) >= 11 is 5.97. The van der Waals surface area contributed by atoms with Crippen LogP contribution in [0.5, 0.6) is 0 Å². The highest BCUT2D eigenvalue weighted by molar-refractivity contribution is 6.31. The molecule has 0 unspecified atom stereocenters. The van der Waals surface area contributed by atoms with E-state index in [-0.39, 0.29) is 24.6 Å². The van der Waals surface area contributed by atoms with Crippen molar-refractivity contribution in [3.05, 3.63) is 67.4 Å². The van der Waals surface area contributed by atoms with Gasteiger partial charge >= 0.3 is 5.69 Å². The molecule has 0 bridgehead atoms. The van der Waals surface area contributed by atoms with Crippen LogP contribution in [-0.4, -0.2) is 15.9 Å². The Kier molecular flexibility index (Phi) is 4.37. The molecule has 1 amide bonds. The first-order valence-electron chi connectivity index (χ1n) is 5.87. The molecule has 3 N–H and O–H groups in total. The van der Waals surface area contributed by atoms with Crippen LogP contribution >= 0.6 is 11.6 Å². The molecule has 7 heteroatoms. The fourth-order valence-corrected chi connectivity index (χ4v) is 1.89. The molecule has 0 spiro atoms. The van der Waals surface area contributed by atoms with Gasteiger partial charge in [0.1, 0.15) is 0 Å². The van der Waals surface area contributed by atoms with Crippen molar-refractivity contribution in [2.24, 2.45) is 0 Å². The molecule has 0 saturated heterocycles. The number of rotatable bonds is 4. The summed E-state index contributed by atoms with van der Waals surface area (Å²) in [6.07, 6.45) is -0.0797. The number of aromatic amines is 2. The quantitative estimate of drug-likeness (QED) is 0.769. The monoisotopic (exact) mass is 293 g/mol. The molecule has 0 radical (unpaired) electrons. The van der Waals surface area contributed by atoms with E-state index in [0.717, 1.165) is 5.56 Å². The third-order valence-electron chi connectivity index (χ3n) is 2.60. The topological polar surface area (TPSA) is 94.8 Å². The van der Waals surface area contributed by atoms with Crippen LogP contribution in [0.25, 0.3) is 0 Å². The van der Waals surface area contributed by atoms with Crippen molar-refractivity contribution in [2.75, 3.05) is 0 Å². The molecule has 6 nitrogen and oxygen atoms in total. The summed E-state index contributed by atoms with van der Waals surface area (Å²) in [5.74, 6) is -0.314. The zero-order valence-electron chi connectivity index (χ0n) is 10.4. The average Bonchev–Trinajstić information content (AvgIpc) is 2.36. The Morgan fingerprint density at radius 1 is 1.20 bits per heavy atom. The zero-order chi connectivity index (χ0) is 14.5. The summed E-state index contributed by atoms with van der Waals surface area (Å²) < 4.78 is 0. The van der Waals surface area contributed by atoms with E-state index >= 15 is 0 Å². The molecule has 0 atom stereocenters. The lowest BCUT2D eigenvalue weighted by Gasteiger charge is -2.06. The highest BCUT2D eigenvalue weighted by Crippen LogP contribution is 2.14. The van der Waals surface area contributed by atoms with Crippen LogP contribution in [0.1, 0.15) is 11.3 Å². The van der Waals surface area contributed by atoms with Gasteiger partial charge in [-0.2, -0.15) is 0 Å². The van der Waals surface area contributed by atoms with E-state index in [1.165, 1.54) is 6.07 Å². The second-order valence-electron chi connectivity index (χ2n) is 4.16. The Hall–Kier alpha value is -2.34. The first-order chi connectivity index (χ1) is 9.54. The molecule has 1 aromatic carbocycles. The van der Waals surface area contributed by atoms with E-state index in [0.29, 0.717) is 5.02 Å². The van der Waals surface area contributed by atoms with Crippen LogP contribution in [0.4, 0.5) is 0 Å². The SMILES string of the molecule is O=C(Cc1cc(=O)[nH]c(=O)[nH]1)NCc1ccccc1Cl. The van der Waals surface area contributed by atoms with Crippen LogP contribution < -0.4 is 16.6 Å². The second-order valence-corrected chi connectivity index (χ2v) is 4.57.